The van der Waals surface area contributed by atoms with Crippen LogP contribution >= 0.6 is 0 Å². The van der Waals surface area contributed by atoms with Crippen LogP contribution in [-0.4, -0.2) is 36.9 Å². The van der Waals surface area contributed by atoms with Crippen molar-refractivity contribution in [2.45, 2.75) is 32.7 Å². The van der Waals surface area contributed by atoms with E-state index in [0.717, 1.165) is 29.9 Å². The van der Waals surface area contributed by atoms with Crippen molar-refractivity contribution in [1.29, 1.82) is 0 Å². The lowest BCUT2D eigenvalue weighted by molar-refractivity contribution is 0.0732. The number of nitrogens with zero attached hydrogens (tertiary/aromatic N) is 5. The number of rotatable bonds is 4. The van der Waals surface area contributed by atoms with Gasteiger partial charge in [0.25, 0.3) is 5.91 Å². The van der Waals surface area contributed by atoms with Gasteiger partial charge in [-0.1, -0.05) is 6.07 Å². The Balaban J connectivity index is 1.58. The molecule has 1 aliphatic heterocycles. The van der Waals surface area contributed by atoms with Crippen molar-refractivity contribution in [2.75, 3.05) is 11.9 Å². The van der Waals surface area contributed by atoms with Crippen molar-refractivity contribution < 1.29 is 4.79 Å². The molecule has 0 radical (unpaired) electrons. The Morgan fingerprint density at radius 3 is 2.60 bits per heavy atom. The third-order valence-corrected chi connectivity index (χ3v) is 5.18. The predicted molar refractivity (Wildman–Crippen MR) is 114 cm³/mol. The molecule has 0 bridgehead atoms. The fourth-order valence-corrected chi connectivity index (χ4v) is 3.81. The van der Waals surface area contributed by atoms with E-state index in [9.17, 15) is 9.59 Å². The lowest BCUT2D eigenvalue weighted by atomic mass is 10.1. The molecule has 0 aliphatic carbocycles. The summed E-state index contributed by atoms with van der Waals surface area (Å²) in [7, 11) is 1.65. The molecule has 0 aromatic carbocycles. The number of hydrogen-bond donors (Lipinski definition) is 1. The summed E-state index contributed by atoms with van der Waals surface area (Å²) in [6.07, 6.45) is 3.33. The van der Waals surface area contributed by atoms with Crippen LogP contribution in [-0.2, 0) is 7.05 Å². The molecule has 1 fully saturated rings. The van der Waals surface area contributed by atoms with E-state index in [4.69, 9.17) is 4.98 Å². The van der Waals surface area contributed by atoms with Crippen LogP contribution in [0.2, 0.25) is 0 Å². The van der Waals surface area contributed by atoms with Crippen LogP contribution in [0.5, 0.6) is 0 Å². The molecule has 1 unspecified atom stereocenters. The standard InChI is InChI=1S/C22H24N6O2/c1-14-12-15(2)24-22(23-14)26-19-8-4-6-17(25-19)18-7-5-11-28(18)21(30)16-9-10-20(29)27(3)13-16/h4,6,8-10,12-13,18H,5,7,11H2,1-3H3,(H,23,24,25,26). The van der Waals surface area contributed by atoms with E-state index >= 15 is 0 Å². The summed E-state index contributed by atoms with van der Waals surface area (Å²) < 4.78 is 1.42. The first kappa shape index (κ1) is 19.8. The van der Waals surface area contributed by atoms with Crippen LogP contribution in [0.4, 0.5) is 11.8 Å². The van der Waals surface area contributed by atoms with Gasteiger partial charge >= 0.3 is 0 Å². The molecule has 1 amide bonds. The van der Waals surface area contributed by atoms with Crippen LogP contribution in [0, 0.1) is 13.8 Å². The van der Waals surface area contributed by atoms with E-state index in [1.165, 1.54) is 10.6 Å². The predicted octanol–water partition coefficient (Wildman–Crippen LogP) is 2.91. The molecule has 3 aromatic heterocycles. The van der Waals surface area contributed by atoms with Crippen LogP contribution in [0.25, 0.3) is 0 Å². The summed E-state index contributed by atoms with van der Waals surface area (Å²) in [5, 5.41) is 3.16. The van der Waals surface area contributed by atoms with Gasteiger partial charge in [-0.2, -0.15) is 0 Å². The summed E-state index contributed by atoms with van der Waals surface area (Å²) in [6, 6.07) is 10.5. The molecule has 8 heteroatoms. The van der Waals surface area contributed by atoms with Crippen LogP contribution in [0.15, 0.2) is 47.4 Å². The number of anilines is 2. The van der Waals surface area contributed by atoms with Crippen LogP contribution in [0.3, 0.4) is 0 Å². The number of carbonyl (C=O) groups is 1. The minimum absolute atomic E-state index is 0.0918. The molecule has 1 N–H and O–H groups in total. The lowest BCUT2D eigenvalue weighted by Crippen LogP contribution is -2.32. The molecule has 3 aromatic rings. The zero-order valence-electron chi connectivity index (χ0n) is 17.3. The number of amides is 1. The fourth-order valence-electron chi connectivity index (χ4n) is 3.81. The number of aryl methyl sites for hydroxylation is 3. The summed E-state index contributed by atoms with van der Waals surface area (Å²) in [6.45, 7) is 4.50. The Morgan fingerprint density at radius 2 is 1.87 bits per heavy atom. The van der Waals surface area contributed by atoms with Gasteiger partial charge in [0.1, 0.15) is 5.82 Å². The van der Waals surface area contributed by atoms with Crippen molar-refractivity contribution in [1.82, 2.24) is 24.4 Å². The van der Waals surface area contributed by atoms with E-state index in [0.29, 0.717) is 23.9 Å². The van der Waals surface area contributed by atoms with Crippen molar-refractivity contribution in [3.05, 3.63) is 75.6 Å². The molecule has 1 aliphatic rings. The number of nitrogens with one attached hydrogen (secondary N) is 1. The van der Waals surface area contributed by atoms with Gasteiger partial charge in [-0.05, 0) is 51.0 Å². The summed E-state index contributed by atoms with van der Waals surface area (Å²) in [4.78, 5) is 40.1. The van der Waals surface area contributed by atoms with Crippen molar-refractivity contribution in [2.24, 2.45) is 7.05 Å². The molecular weight excluding hydrogens is 380 g/mol. The second-order valence-electron chi connectivity index (χ2n) is 7.57. The minimum Gasteiger partial charge on any atom is -0.330 e. The molecule has 4 heterocycles. The smallest absolute Gasteiger partial charge is 0.255 e. The van der Waals surface area contributed by atoms with Gasteiger partial charge in [0.15, 0.2) is 0 Å². The highest BCUT2D eigenvalue weighted by Gasteiger charge is 2.31. The monoisotopic (exact) mass is 404 g/mol. The maximum atomic E-state index is 13.1. The SMILES string of the molecule is Cc1cc(C)nc(Nc2cccc(C3CCCN3C(=O)c3ccc(=O)n(C)c3)n2)n1. The second-order valence-corrected chi connectivity index (χ2v) is 7.57. The summed E-state index contributed by atoms with van der Waals surface area (Å²) in [5.41, 5.74) is 2.94. The largest absolute Gasteiger partial charge is 0.330 e. The van der Waals surface area contributed by atoms with Gasteiger partial charge in [-0.25, -0.2) is 15.0 Å². The number of hydrogen-bond acceptors (Lipinski definition) is 6. The van der Waals surface area contributed by atoms with Crippen molar-refractivity contribution in [3.8, 4) is 0 Å². The highest BCUT2D eigenvalue weighted by molar-refractivity contribution is 5.94. The molecule has 154 valence electrons. The molecule has 0 saturated carbocycles. The minimum atomic E-state index is -0.140. The third-order valence-electron chi connectivity index (χ3n) is 5.18. The normalized spacial score (nSPS) is 16.0. The Labute approximate surface area is 174 Å². The fraction of sp³-hybridized carbons (Fsp3) is 0.318. The van der Waals surface area contributed by atoms with Crippen molar-refractivity contribution in [3.63, 3.8) is 0 Å². The average Bonchev–Trinajstić information content (AvgIpc) is 3.19. The van der Waals surface area contributed by atoms with E-state index < -0.39 is 0 Å². The number of likely N-dealkylation sites (tertiary alicyclic amines) is 1. The second kappa shape index (κ2) is 8.06. The summed E-state index contributed by atoms with van der Waals surface area (Å²) in [5.74, 6) is 1.05. The van der Waals surface area contributed by atoms with Crippen molar-refractivity contribution >= 4 is 17.7 Å². The molecule has 1 atom stereocenters. The highest BCUT2D eigenvalue weighted by Crippen LogP contribution is 2.32. The van der Waals surface area contributed by atoms with E-state index in [-0.39, 0.29) is 17.5 Å². The first-order chi connectivity index (χ1) is 14.4. The summed E-state index contributed by atoms with van der Waals surface area (Å²) >= 11 is 0. The molecule has 4 rings (SSSR count). The molecule has 30 heavy (non-hydrogen) atoms. The Morgan fingerprint density at radius 1 is 1.10 bits per heavy atom. The zero-order chi connectivity index (χ0) is 21.3. The Bertz CT molecular complexity index is 1140. The Kier molecular flexibility index (Phi) is 5.31. The Hall–Kier alpha value is -3.55. The average molecular weight is 404 g/mol. The molecule has 0 spiro atoms. The number of aromatic nitrogens is 4. The quantitative estimate of drug-likeness (QED) is 0.719. The van der Waals surface area contributed by atoms with Crippen LogP contribution < -0.4 is 10.9 Å². The number of carbonyl (C=O) groups excluding carboxylic acids is 1. The molecule has 1 saturated heterocycles. The van der Waals surface area contributed by atoms with Gasteiger partial charge in [0.2, 0.25) is 11.5 Å². The first-order valence-corrected chi connectivity index (χ1v) is 9.94. The maximum Gasteiger partial charge on any atom is 0.255 e. The van der Waals surface area contributed by atoms with Gasteiger partial charge < -0.3 is 14.8 Å². The topological polar surface area (TPSA) is 93.0 Å². The first-order valence-electron chi connectivity index (χ1n) is 9.94. The van der Waals surface area contributed by atoms with Gasteiger partial charge in [0.05, 0.1) is 17.3 Å². The molecule has 8 nitrogen and oxygen atoms in total. The van der Waals surface area contributed by atoms with E-state index in [1.807, 2.05) is 43.0 Å². The zero-order valence-corrected chi connectivity index (χ0v) is 17.3. The van der Waals surface area contributed by atoms with E-state index in [1.54, 1.807) is 19.3 Å². The lowest BCUT2D eigenvalue weighted by Gasteiger charge is -2.25. The number of pyridine rings is 2. The van der Waals surface area contributed by atoms with Gasteiger partial charge in [-0.3, -0.25) is 9.59 Å². The van der Waals surface area contributed by atoms with Gasteiger partial charge in [0, 0.05) is 37.2 Å². The van der Waals surface area contributed by atoms with E-state index in [2.05, 4.69) is 15.3 Å². The van der Waals surface area contributed by atoms with Gasteiger partial charge in [-0.15, -0.1) is 0 Å². The van der Waals surface area contributed by atoms with Crippen LogP contribution in [0.1, 0.15) is 46.3 Å². The highest BCUT2D eigenvalue weighted by atomic mass is 16.2. The molecular formula is C22H24N6O2. The maximum absolute atomic E-state index is 13.1. The third kappa shape index (κ3) is 4.07.